The number of aromatic nitrogens is 1. The maximum atomic E-state index is 5.31. The van der Waals surface area contributed by atoms with E-state index in [9.17, 15) is 0 Å². The summed E-state index contributed by atoms with van der Waals surface area (Å²) in [5.41, 5.74) is 1.03. The number of hydrogen-bond acceptors (Lipinski definition) is 4. The maximum absolute atomic E-state index is 5.31. The fraction of sp³-hybridized carbons (Fsp3) is 0.615. The SMILES string of the molecule is CCOc1ccc(NC(COC)C2CC2)cn1. The Balaban J connectivity index is 1.92. The quantitative estimate of drug-likeness (QED) is 0.789. The Labute approximate surface area is 102 Å². The van der Waals surface area contributed by atoms with Crippen LogP contribution < -0.4 is 10.1 Å². The van der Waals surface area contributed by atoms with Gasteiger partial charge in [0, 0.05) is 13.2 Å². The second-order valence-corrected chi connectivity index (χ2v) is 4.36. The Kier molecular flexibility index (Phi) is 4.20. The smallest absolute Gasteiger partial charge is 0.213 e. The molecule has 1 aromatic heterocycles. The predicted molar refractivity (Wildman–Crippen MR) is 67.4 cm³/mol. The molecule has 4 heteroatoms. The van der Waals surface area contributed by atoms with Crippen LogP contribution in [0.1, 0.15) is 19.8 Å². The van der Waals surface area contributed by atoms with E-state index in [0.29, 0.717) is 18.5 Å². The van der Waals surface area contributed by atoms with Gasteiger partial charge in [0.15, 0.2) is 0 Å². The molecule has 4 nitrogen and oxygen atoms in total. The van der Waals surface area contributed by atoms with Gasteiger partial charge in [0.25, 0.3) is 0 Å². The minimum Gasteiger partial charge on any atom is -0.478 e. The summed E-state index contributed by atoms with van der Waals surface area (Å²) in [5.74, 6) is 1.43. The van der Waals surface area contributed by atoms with E-state index < -0.39 is 0 Å². The Morgan fingerprint density at radius 1 is 1.47 bits per heavy atom. The van der Waals surface area contributed by atoms with Crippen molar-refractivity contribution in [2.24, 2.45) is 5.92 Å². The molecule has 1 aromatic rings. The average Bonchev–Trinajstić information content (AvgIpc) is 3.15. The van der Waals surface area contributed by atoms with Gasteiger partial charge in [-0.15, -0.1) is 0 Å². The highest BCUT2D eigenvalue weighted by Crippen LogP contribution is 2.34. The predicted octanol–water partition coefficient (Wildman–Crippen LogP) is 2.32. The Bertz CT molecular complexity index is 336. The normalized spacial score (nSPS) is 16.6. The van der Waals surface area contributed by atoms with Gasteiger partial charge < -0.3 is 14.8 Å². The van der Waals surface area contributed by atoms with Gasteiger partial charge in [-0.2, -0.15) is 0 Å². The number of rotatable bonds is 7. The zero-order valence-electron chi connectivity index (χ0n) is 10.5. The van der Waals surface area contributed by atoms with Gasteiger partial charge in [0.1, 0.15) is 0 Å². The molecule has 17 heavy (non-hydrogen) atoms. The van der Waals surface area contributed by atoms with Crippen molar-refractivity contribution < 1.29 is 9.47 Å². The molecule has 1 unspecified atom stereocenters. The monoisotopic (exact) mass is 236 g/mol. The van der Waals surface area contributed by atoms with Gasteiger partial charge in [-0.05, 0) is 31.7 Å². The van der Waals surface area contributed by atoms with Crippen molar-refractivity contribution in [3.8, 4) is 5.88 Å². The van der Waals surface area contributed by atoms with Gasteiger partial charge in [-0.25, -0.2) is 4.98 Å². The highest BCUT2D eigenvalue weighted by Gasteiger charge is 2.31. The fourth-order valence-corrected chi connectivity index (χ4v) is 1.89. The zero-order chi connectivity index (χ0) is 12.1. The number of pyridine rings is 1. The van der Waals surface area contributed by atoms with Gasteiger partial charge in [-0.1, -0.05) is 0 Å². The van der Waals surface area contributed by atoms with Crippen molar-refractivity contribution in [1.82, 2.24) is 4.98 Å². The molecule has 1 heterocycles. The van der Waals surface area contributed by atoms with E-state index in [1.165, 1.54) is 12.8 Å². The first-order chi connectivity index (χ1) is 8.33. The van der Waals surface area contributed by atoms with Crippen molar-refractivity contribution >= 4 is 5.69 Å². The minimum absolute atomic E-state index is 0.403. The van der Waals surface area contributed by atoms with Crippen molar-refractivity contribution in [1.29, 1.82) is 0 Å². The van der Waals surface area contributed by atoms with E-state index in [1.54, 1.807) is 7.11 Å². The van der Waals surface area contributed by atoms with E-state index in [1.807, 2.05) is 25.3 Å². The summed E-state index contributed by atoms with van der Waals surface area (Å²) >= 11 is 0. The van der Waals surface area contributed by atoms with Crippen molar-refractivity contribution in [3.63, 3.8) is 0 Å². The summed E-state index contributed by atoms with van der Waals surface area (Å²) in [6.07, 6.45) is 4.41. The molecular formula is C13H20N2O2. The topological polar surface area (TPSA) is 43.4 Å². The molecule has 1 fully saturated rings. The summed E-state index contributed by atoms with van der Waals surface area (Å²) in [6, 6.07) is 4.30. The van der Waals surface area contributed by atoms with Crippen LogP contribution in [0.5, 0.6) is 5.88 Å². The average molecular weight is 236 g/mol. The van der Waals surface area contributed by atoms with Crippen molar-refractivity contribution in [3.05, 3.63) is 18.3 Å². The summed E-state index contributed by atoms with van der Waals surface area (Å²) in [5, 5.41) is 3.47. The van der Waals surface area contributed by atoms with E-state index in [0.717, 1.165) is 18.2 Å². The Morgan fingerprint density at radius 2 is 2.29 bits per heavy atom. The van der Waals surface area contributed by atoms with Gasteiger partial charge >= 0.3 is 0 Å². The minimum atomic E-state index is 0.403. The van der Waals surface area contributed by atoms with Crippen LogP contribution in [0.15, 0.2) is 18.3 Å². The van der Waals surface area contributed by atoms with Gasteiger partial charge in [-0.3, -0.25) is 0 Å². The molecule has 1 aliphatic rings. The largest absolute Gasteiger partial charge is 0.478 e. The van der Waals surface area contributed by atoms with Crippen molar-refractivity contribution in [2.45, 2.75) is 25.8 Å². The lowest BCUT2D eigenvalue weighted by Gasteiger charge is -2.18. The lowest BCUT2D eigenvalue weighted by Crippen LogP contribution is -2.27. The number of anilines is 1. The third-order valence-corrected chi connectivity index (χ3v) is 2.92. The Hall–Kier alpha value is -1.29. The molecule has 1 N–H and O–H groups in total. The lowest BCUT2D eigenvalue weighted by molar-refractivity contribution is 0.179. The molecule has 0 spiro atoms. The molecule has 0 aromatic carbocycles. The fourth-order valence-electron chi connectivity index (χ4n) is 1.89. The number of nitrogens with zero attached hydrogens (tertiary/aromatic N) is 1. The van der Waals surface area contributed by atoms with E-state index in [2.05, 4.69) is 10.3 Å². The summed E-state index contributed by atoms with van der Waals surface area (Å²) in [4.78, 5) is 4.24. The third-order valence-electron chi connectivity index (χ3n) is 2.92. The number of hydrogen-bond donors (Lipinski definition) is 1. The maximum Gasteiger partial charge on any atom is 0.213 e. The molecule has 0 radical (unpaired) electrons. The second kappa shape index (κ2) is 5.87. The van der Waals surface area contributed by atoms with Gasteiger partial charge in [0.2, 0.25) is 5.88 Å². The van der Waals surface area contributed by atoms with Gasteiger partial charge in [0.05, 0.1) is 31.1 Å². The molecule has 0 bridgehead atoms. The third kappa shape index (κ3) is 3.60. The molecule has 2 rings (SSSR count). The number of nitrogens with one attached hydrogen (secondary N) is 1. The van der Waals surface area contributed by atoms with Crippen LogP contribution in [-0.4, -0.2) is 31.3 Å². The highest BCUT2D eigenvalue weighted by atomic mass is 16.5. The van der Waals surface area contributed by atoms with E-state index in [-0.39, 0.29) is 0 Å². The number of methoxy groups -OCH3 is 1. The van der Waals surface area contributed by atoms with Crippen LogP contribution in [0, 0.1) is 5.92 Å². The lowest BCUT2D eigenvalue weighted by atomic mass is 10.2. The number of ether oxygens (including phenoxy) is 2. The standard InChI is InChI=1S/C13H20N2O2/c1-3-17-13-7-6-11(8-14-13)15-12(9-16-2)10-4-5-10/h6-8,10,12,15H,3-5,9H2,1-2H3. The molecule has 94 valence electrons. The van der Waals surface area contributed by atoms with Crippen LogP contribution >= 0.6 is 0 Å². The van der Waals surface area contributed by atoms with Crippen LogP contribution in [0.3, 0.4) is 0 Å². The van der Waals surface area contributed by atoms with Crippen LogP contribution in [0.4, 0.5) is 5.69 Å². The molecule has 0 amide bonds. The summed E-state index contributed by atoms with van der Waals surface area (Å²) < 4.78 is 10.5. The molecule has 0 saturated heterocycles. The summed E-state index contributed by atoms with van der Waals surface area (Å²) in [7, 11) is 1.74. The first-order valence-corrected chi connectivity index (χ1v) is 6.17. The molecule has 0 aliphatic heterocycles. The van der Waals surface area contributed by atoms with Crippen LogP contribution in [0.25, 0.3) is 0 Å². The summed E-state index contributed by atoms with van der Waals surface area (Å²) in [6.45, 7) is 3.35. The first-order valence-electron chi connectivity index (χ1n) is 6.17. The van der Waals surface area contributed by atoms with E-state index in [4.69, 9.17) is 9.47 Å². The first kappa shape index (κ1) is 12.2. The van der Waals surface area contributed by atoms with Crippen LogP contribution in [0.2, 0.25) is 0 Å². The second-order valence-electron chi connectivity index (χ2n) is 4.36. The highest BCUT2D eigenvalue weighted by molar-refractivity contribution is 5.43. The van der Waals surface area contributed by atoms with Crippen LogP contribution in [-0.2, 0) is 4.74 Å². The molecule has 1 saturated carbocycles. The molecule has 1 atom stereocenters. The zero-order valence-corrected chi connectivity index (χ0v) is 10.5. The molecular weight excluding hydrogens is 216 g/mol. The molecule has 1 aliphatic carbocycles. The Morgan fingerprint density at radius 3 is 2.82 bits per heavy atom. The van der Waals surface area contributed by atoms with E-state index >= 15 is 0 Å². The van der Waals surface area contributed by atoms with Crippen molar-refractivity contribution in [2.75, 3.05) is 25.6 Å².